The van der Waals surface area contributed by atoms with E-state index in [-0.39, 0.29) is 30.5 Å². The maximum absolute atomic E-state index is 12.9. The SMILES string of the molecule is CC(C)(C)C(N)C(=O)OC[C@H]1O[C@@](C#N)(c2ccc3c(N)ncnn23)[C@H](O)[C@@H]1OC(=O)CC1CCCCC1. The van der Waals surface area contributed by atoms with Crippen LogP contribution in [0.25, 0.3) is 5.52 Å². The number of carbonyl (C=O) groups excluding carboxylic acids is 2. The first-order valence-corrected chi connectivity index (χ1v) is 13.0. The molecule has 38 heavy (non-hydrogen) atoms. The average Bonchev–Trinajstić information content (AvgIpc) is 3.43. The number of nitrogen functional groups attached to an aromatic ring is 1. The molecule has 1 saturated carbocycles. The largest absolute Gasteiger partial charge is 0.462 e. The molecule has 0 spiro atoms. The summed E-state index contributed by atoms with van der Waals surface area (Å²) < 4.78 is 18.6. The molecule has 2 fully saturated rings. The molecule has 4 rings (SSSR count). The van der Waals surface area contributed by atoms with Gasteiger partial charge >= 0.3 is 11.9 Å². The van der Waals surface area contributed by atoms with Gasteiger partial charge in [0.15, 0.2) is 11.9 Å². The number of nitrogens with zero attached hydrogens (tertiary/aromatic N) is 4. The molecule has 0 radical (unpaired) electrons. The number of carbonyl (C=O) groups is 2. The van der Waals surface area contributed by atoms with Crippen molar-refractivity contribution in [2.45, 2.75) is 89.3 Å². The number of rotatable bonds is 7. The first kappa shape index (κ1) is 27.8. The van der Waals surface area contributed by atoms with Crippen LogP contribution < -0.4 is 11.5 Å². The Morgan fingerprint density at radius 2 is 2.03 bits per heavy atom. The second kappa shape index (κ2) is 10.8. The molecule has 5 N–H and O–H groups in total. The van der Waals surface area contributed by atoms with Crippen LogP contribution >= 0.6 is 0 Å². The van der Waals surface area contributed by atoms with Crippen LogP contribution in [0.2, 0.25) is 0 Å². The van der Waals surface area contributed by atoms with Crippen LogP contribution in [0.4, 0.5) is 5.82 Å². The van der Waals surface area contributed by atoms with Gasteiger partial charge in [0.2, 0.25) is 5.60 Å². The minimum Gasteiger partial charge on any atom is -0.462 e. The second-order valence-corrected chi connectivity index (χ2v) is 11.2. The standard InChI is InChI=1S/C26H36N6O6/c1-25(2,3)21(28)24(35)36-12-17-20(37-19(33)11-15-7-5-4-6-8-15)22(34)26(13-27,38-17)18-10-9-16-23(29)30-14-31-32(16)18/h9-10,14-15,17,20-22,34H,4-8,11-12,28H2,1-3H3,(H2,29,30,31)/t17-,20-,21?,22-,26+/m1/s1. The fourth-order valence-corrected chi connectivity index (χ4v) is 5.11. The highest BCUT2D eigenvalue weighted by atomic mass is 16.6. The van der Waals surface area contributed by atoms with E-state index in [1.165, 1.54) is 16.9 Å². The van der Waals surface area contributed by atoms with E-state index in [4.69, 9.17) is 25.7 Å². The Labute approximate surface area is 221 Å². The third kappa shape index (κ3) is 5.32. The third-order valence-corrected chi connectivity index (χ3v) is 7.48. The Hall–Kier alpha value is -3.27. The monoisotopic (exact) mass is 528 g/mol. The summed E-state index contributed by atoms with van der Waals surface area (Å²) in [6.07, 6.45) is 2.51. The van der Waals surface area contributed by atoms with Gasteiger partial charge in [-0.1, -0.05) is 40.0 Å². The second-order valence-electron chi connectivity index (χ2n) is 11.2. The van der Waals surface area contributed by atoms with E-state index in [1.54, 1.807) is 26.8 Å². The van der Waals surface area contributed by atoms with Crippen LogP contribution in [-0.4, -0.2) is 62.6 Å². The molecule has 206 valence electrons. The molecule has 12 nitrogen and oxygen atoms in total. The van der Waals surface area contributed by atoms with E-state index in [1.807, 2.05) is 6.07 Å². The number of esters is 2. The van der Waals surface area contributed by atoms with Crippen molar-refractivity contribution >= 4 is 23.3 Å². The molecule has 0 aromatic carbocycles. The van der Waals surface area contributed by atoms with Gasteiger partial charge in [0.05, 0.1) is 5.69 Å². The lowest BCUT2D eigenvalue weighted by Gasteiger charge is -2.26. The van der Waals surface area contributed by atoms with Crippen LogP contribution in [0.3, 0.4) is 0 Å². The number of aliphatic hydroxyl groups excluding tert-OH is 1. The zero-order chi connectivity index (χ0) is 27.7. The molecule has 1 aliphatic carbocycles. The fourth-order valence-electron chi connectivity index (χ4n) is 5.11. The normalized spacial score (nSPS) is 27.1. The van der Waals surface area contributed by atoms with Crippen molar-refractivity contribution in [3.05, 3.63) is 24.2 Å². The van der Waals surface area contributed by atoms with Gasteiger partial charge in [-0.2, -0.15) is 10.4 Å². The molecule has 1 aliphatic heterocycles. The van der Waals surface area contributed by atoms with Crippen LogP contribution in [-0.2, 0) is 29.4 Å². The Morgan fingerprint density at radius 1 is 1.32 bits per heavy atom. The molecule has 2 aromatic heterocycles. The quantitative estimate of drug-likeness (QED) is 0.443. The maximum Gasteiger partial charge on any atom is 0.323 e. The molecule has 0 amide bonds. The molecule has 0 bridgehead atoms. The number of hydrogen-bond donors (Lipinski definition) is 3. The van der Waals surface area contributed by atoms with E-state index < -0.39 is 47.3 Å². The summed E-state index contributed by atoms with van der Waals surface area (Å²) in [5, 5.41) is 25.9. The number of nitriles is 1. The van der Waals surface area contributed by atoms with Gasteiger partial charge in [0.25, 0.3) is 0 Å². The number of nitrogens with two attached hydrogens (primary N) is 2. The lowest BCUT2D eigenvalue weighted by molar-refractivity contribution is -0.162. The summed E-state index contributed by atoms with van der Waals surface area (Å²) in [7, 11) is 0. The van der Waals surface area contributed by atoms with Gasteiger partial charge in [0.1, 0.15) is 42.8 Å². The molecule has 2 aliphatic rings. The van der Waals surface area contributed by atoms with Gasteiger partial charge in [-0.3, -0.25) is 9.59 Å². The van der Waals surface area contributed by atoms with Crippen molar-refractivity contribution in [2.75, 3.05) is 12.3 Å². The van der Waals surface area contributed by atoms with Crippen LogP contribution in [0.1, 0.15) is 65.0 Å². The number of anilines is 1. The summed E-state index contributed by atoms with van der Waals surface area (Å²) in [4.78, 5) is 29.5. The molecule has 1 saturated heterocycles. The van der Waals surface area contributed by atoms with Gasteiger partial charge in [-0.05, 0) is 36.3 Å². The topological polar surface area (TPSA) is 188 Å². The number of hydrogen-bond acceptors (Lipinski definition) is 11. The smallest absolute Gasteiger partial charge is 0.323 e. The van der Waals surface area contributed by atoms with E-state index in [0.29, 0.717) is 5.52 Å². The first-order chi connectivity index (χ1) is 18.0. The molecule has 1 unspecified atom stereocenters. The summed E-state index contributed by atoms with van der Waals surface area (Å²) in [5.41, 5.74) is 10.0. The van der Waals surface area contributed by atoms with Crippen molar-refractivity contribution in [1.29, 1.82) is 5.26 Å². The van der Waals surface area contributed by atoms with Crippen molar-refractivity contribution in [3.63, 3.8) is 0 Å². The molecule has 2 aromatic rings. The Bertz CT molecular complexity index is 1210. The Morgan fingerprint density at radius 3 is 2.68 bits per heavy atom. The predicted octanol–water partition coefficient (Wildman–Crippen LogP) is 1.59. The van der Waals surface area contributed by atoms with Crippen molar-refractivity contribution < 1.29 is 28.9 Å². The maximum atomic E-state index is 12.9. The highest BCUT2D eigenvalue weighted by molar-refractivity contribution is 5.76. The minimum atomic E-state index is -1.99. The molecular formula is C26H36N6O6. The number of fused-ring (bicyclic) bond motifs is 1. The lowest BCUT2D eigenvalue weighted by Crippen LogP contribution is -2.45. The molecular weight excluding hydrogens is 492 g/mol. The van der Waals surface area contributed by atoms with Gasteiger partial charge in [-0.25, -0.2) is 9.50 Å². The molecule has 3 heterocycles. The Balaban J connectivity index is 1.62. The van der Waals surface area contributed by atoms with Gasteiger partial charge < -0.3 is 30.8 Å². The number of aromatic nitrogens is 3. The van der Waals surface area contributed by atoms with E-state index in [9.17, 15) is 20.0 Å². The summed E-state index contributed by atoms with van der Waals surface area (Å²) in [6, 6.07) is 4.26. The van der Waals surface area contributed by atoms with Crippen LogP contribution in [0.15, 0.2) is 18.5 Å². The number of ether oxygens (including phenoxy) is 3. The highest BCUT2D eigenvalue weighted by Crippen LogP contribution is 2.42. The van der Waals surface area contributed by atoms with Crippen LogP contribution in [0, 0.1) is 22.7 Å². The predicted molar refractivity (Wildman–Crippen MR) is 135 cm³/mol. The zero-order valence-electron chi connectivity index (χ0n) is 22.0. The van der Waals surface area contributed by atoms with E-state index in [2.05, 4.69) is 10.1 Å². The highest BCUT2D eigenvalue weighted by Gasteiger charge is 2.60. The fraction of sp³-hybridized carbons (Fsp3) is 0.654. The van der Waals surface area contributed by atoms with E-state index >= 15 is 0 Å². The summed E-state index contributed by atoms with van der Waals surface area (Å²) >= 11 is 0. The van der Waals surface area contributed by atoms with Crippen molar-refractivity contribution in [1.82, 2.24) is 14.6 Å². The Kier molecular flexibility index (Phi) is 7.92. The van der Waals surface area contributed by atoms with Crippen LogP contribution in [0.5, 0.6) is 0 Å². The molecule has 12 heteroatoms. The lowest BCUT2D eigenvalue weighted by atomic mass is 9.87. The molecule has 5 atom stereocenters. The van der Waals surface area contributed by atoms with Gasteiger partial charge in [0, 0.05) is 6.42 Å². The number of aliphatic hydroxyl groups is 1. The minimum absolute atomic E-state index is 0.170. The van der Waals surface area contributed by atoms with Gasteiger partial charge in [-0.15, -0.1) is 0 Å². The third-order valence-electron chi connectivity index (χ3n) is 7.48. The zero-order valence-corrected chi connectivity index (χ0v) is 22.0. The summed E-state index contributed by atoms with van der Waals surface area (Å²) in [5.74, 6) is -0.811. The first-order valence-electron chi connectivity index (χ1n) is 13.0. The van der Waals surface area contributed by atoms with Crippen molar-refractivity contribution in [2.24, 2.45) is 17.1 Å². The average molecular weight is 529 g/mol. The van der Waals surface area contributed by atoms with E-state index in [0.717, 1.165) is 32.1 Å². The van der Waals surface area contributed by atoms with Crippen molar-refractivity contribution in [3.8, 4) is 6.07 Å². The summed E-state index contributed by atoms with van der Waals surface area (Å²) in [6.45, 7) is 5.02.